The van der Waals surface area contributed by atoms with E-state index in [1.807, 2.05) is 6.92 Å². The maximum atomic E-state index is 10.8. The predicted molar refractivity (Wildman–Crippen MR) is 58.5 cm³/mol. The molecule has 2 rings (SSSR count). The van der Waals surface area contributed by atoms with Crippen molar-refractivity contribution >= 4 is 16.6 Å². The van der Waals surface area contributed by atoms with E-state index < -0.39 is 4.92 Å². The molecule has 1 aromatic carbocycles. The Kier molecular flexibility index (Phi) is 2.72. The minimum Gasteiger partial charge on any atom is -0.487 e. The van der Waals surface area contributed by atoms with E-state index in [2.05, 4.69) is 10.2 Å². The SMILES string of the molecule is CCCOc1cc2[nH]ncc2cc1[N+](=O)[O-]. The number of aromatic amines is 1. The van der Waals surface area contributed by atoms with E-state index in [9.17, 15) is 10.1 Å². The fourth-order valence-corrected chi connectivity index (χ4v) is 1.43. The molecular weight excluding hydrogens is 210 g/mol. The maximum absolute atomic E-state index is 10.8. The molecule has 0 amide bonds. The highest BCUT2D eigenvalue weighted by Gasteiger charge is 2.17. The van der Waals surface area contributed by atoms with E-state index in [1.54, 1.807) is 12.3 Å². The van der Waals surface area contributed by atoms with Gasteiger partial charge in [-0.05, 0) is 6.42 Å². The van der Waals surface area contributed by atoms with Gasteiger partial charge in [0.2, 0.25) is 0 Å². The van der Waals surface area contributed by atoms with Crippen LogP contribution in [-0.4, -0.2) is 21.7 Å². The molecule has 1 N–H and O–H groups in total. The molecule has 6 nitrogen and oxygen atoms in total. The molecule has 0 radical (unpaired) electrons. The van der Waals surface area contributed by atoms with Crippen LogP contribution in [0.3, 0.4) is 0 Å². The number of hydrogen-bond donors (Lipinski definition) is 1. The molecule has 2 aromatic rings. The molecule has 1 aromatic heterocycles. The first-order valence-corrected chi connectivity index (χ1v) is 4.96. The number of rotatable bonds is 4. The van der Waals surface area contributed by atoms with Crippen LogP contribution in [0.1, 0.15) is 13.3 Å². The van der Waals surface area contributed by atoms with Crippen molar-refractivity contribution in [2.45, 2.75) is 13.3 Å². The summed E-state index contributed by atoms with van der Waals surface area (Å²) in [5.41, 5.74) is 0.707. The second-order valence-corrected chi connectivity index (χ2v) is 3.38. The topological polar surface area (TPSA) is 81.0 Å². The van der Waals surface area contributed by atoms with Gasteiger partial charge >= 0.3 is 5.69 Å². The Labute approximate surface area is 91.4 Å². The van der Waals surface area contributed by atoms with Crippen LogP contribution in [0.15, 0.2) is 18.3 Å². The van der Waals surface area contributed by atoms with E-state index in [0.717, 1.165) is 11.9 Å². The van der Waals surface area contributed by atoms with Crippen molar-refractivity contribution in [1.29, 1.82) is 0 Å². The third-order valence-electron chi connectivity index (χ3n) is 2.18. The summed E-state index contributed by atoms with van der Waals surface area (Å²) in [6.45, 7) is 2.40. The zero-order valence-corrected chi connectivity index (χ0v) is 8.77. The minimum atomic E-state index is -0.447. The molecule has 84 valence electrons. The Morgan fingerprint density at radius 1 is 1.56 bits per heavy atom. The Balaban J connectivity index is 2.49. The van der Waals surface area contributed by atoms with Crippen LogP contribution in [0, 0.1) is 10.1 Å². The van der Waals surface area contributed by atoms with E-state index in [4.69, 9.17) is 4.74 Å². The summed E-state index contributed by atoms with van der Waals surface area (Å²) >= 11 is 0. The van der Waals surface area contributed by atoms with Gasteiger partial charge in [0, 0.05) is 17.5 Å². The standard InChI is InChI=1S/C10H11N3O3/c1-2-3-16-10-5-8-7(6-11-12-8)4-9(10)13(14)15/h4-6H,2-3H2,1H3,(H,11,12). The highest BCUT2D eigenvalue weighted by atomic mass is 16.6. The maximum Gasteiger partial charge on any atom is 0.311 e. The van der Waals surface area contributed by atoms with E-state index in [-0.39, 0.29) is 11.4 Å². The van der Waals surface area contributed by atoms with Crippen molar-refractivity contribution in [3.05, 3.63) is 28.4 Å². The highest BCUT2D eigenvalue weighted by molar-refractivity contribution is 5.83. The lowest BCUT2D eigenvalue weighted by molar-refractivity contribution is -0.385. The van der Waals surface area contributed by atoms with E-state index in [1.165, 1.54) is 6.07 Å². The lowest BCUT2D eigenvalue weighted by atomic mass is 10.2. The smallest absolute Gasteiger partial charge is 0.311 e. The monoisotopic (exact) mass is 221 g/mol. The molecular formula is C10H11N3O3. The predicted octanol–water partition coefficient (Wildman–Crippen LogP) is 2.26. The number of nitro groups is 1. The Morgan fingerprint density at radius 3 is 3.06 bits per heavy atom. The zero-order valence-electron chi connectivity index (χ0n) is 8.77. The van der Waals surface area contributed by atoms with Gasteiger partial charge in [-0.2, -0.15) is 5.10 Å². The number of fused-ring (bicyclic) bond motifs is 1. The van der Waals surface area contributed by atoms with Crippen LogP contribution in [0.25, 0.3) is 10.9 Å². The van der Waals surface area contributed by atoms with Gasteiger partial charge in [-0.15, -0.1) is 0 Å². The molecule has 0 saturated heterocycles. The van der Waals surface area contributed by atoms with E-state index in [0.29, 0.717) is 12.0 Å². The van der Waals surface area contributed by atoms with Gasteiger partial charge in [-0.25, -0.2) is 0 Å². The van der Waals surface area contributed by atoms with Gasteiger partial charge in [-0.3, -0.25) is 15.2 Å². The van der Waals surface area contributed by atoms with Gasteiger partial charge in [0.25, 0.3) is 0 Å². The van der Waals surface area contributed by atoms with Crippen LogP contribution in [0.5, 0.6) is 5.75 Å². The molecule has 0 aliphatic heterocycles. The van der Waals surface area contributed by atoms with Crippen molar-refractivity contribution in [3.8, 4) is 5.75 Å². The average molecular weight is 221 g/mol. The van der Waals surface area contributed by atoms with Crippen molar-refractivity contribution in [1.82, 2.24) is 10.2 Å². The number of ether oxygens (including phenoxy) is 1. The van der Waals surface area contributed by atoms with Crippen molar-refractivity contribution in [2.75, 3.05) is 6.61 Å². The van der Waals surface area contributed by atoms with Crippen molar-refractivity contribution in [3.63, 3.8) is 0 Å². The molecule has 0 aliphatic carbocycles. The third-order valence-corrected chi connectivity index (χ3v) is 2.18. The fraction of sp³-hybridized carbons (Fsp3) is 0.300. The van der Waals surface area contributed by atoms with Crippen LogP contribution in [-0.2, 0) is 0 Å². The fourth-order valence-electron chi connectivity index (χ4n) is 1.43. The molecule has 16 heavy (non-hydrogen) atoms. The number of nitro benzene ring substituents is 1. The molecule has 0 aliphatic rings. The normalized spacial score (nSPS) is 10.6. The average Bonchev–Trinajstić information content (AvgIpc) is 2.71. The number of hydrogen-bond acceptors (Lipinski definition) is 4. The van der Waals surface area contributed by atoms with Crippen molar-refractivity contribution < 1.29 is 9.66 Å². The van der Waals surface area contributed by atoms with Gasteiger partial charge in [0.1, 0.15) is 0 Å². The number of aromatic nitrogens is 2. The molecule has 0 bridgehead atoms. The number of nitrogens with zero attached hydrogens (tertiary/aromatic N) is 2. The molecule has 6 heteroatoms. The van der Waals surface area contributed by atoms with Gasteiger partial charge in [0.05, 0.1) is 23.2 Å². The summed E-state index contributed by atoms with van der Waals surface area (Å²) in [5, 5.41) is 18.1. The summed E-state index contributed by atoms with van der Waals surface area (Å²) < 4.78 is 5.34. The molecule has 1 heterocycles. The van der Waals surface area contributed by atoms with Crippen LogP contribution < -0.4 is 4.74 Å². The summed E-state index contributed by atoms with van der Waals surface area (Å²) in [6.07, 6.45) is 2.35. The van der Waals surface area contributed by atoms with Crippen LogP contribution in [0.4, 0.5) is 5.69 Å². The van der Waals surface area contributed by atoms with Gasteiger partial charge in [0.15, 0.2) is 5.75 Å². The summed E-state index contributed by atoms with van der Waals surface area (Å²) in [4.78, 5) is 10.4. The zero-order chi connectivity index (χ0) is 11.5. The highest BCUT2D eigenvalue weighted by Crippen LogP contribution is 2.31. The lowest BCUT2D eigenvalue weighted by Gasteiger charge is -2.04. The quantitative estimate of drug-likeness (QED) is 0.634. The second kappa shape index (κ2) is 4.18. The largest absolute Gasteiger partial charge is 0.487 e. The number of benzene rings is 1. The van der Waals surface area contributed by atoms with E-state index >= 15 is 0 Å². The Bertz CT molecular complexity index is 521. The summed E-state index contributed by atoms with van der Waals surface area (Å²) in [7, 11) is 0. The second-order valence-electron chi connectivity index (χ2n) is 3.38. The van der Waals surface area contributed by atoms with Crippen LogP contribution in [0.2, 0.25) is 0 Å². The first-order valence-electron chi connectivity index (χ1n) is 4.96. The number of nitrogens with one attached hydrogen (secondary N) is 1. The first-order chi connectivity index (χ1) is 7.72. The molecule has 0 atom stereocenters. The Morgan fingerprint density at radius 2 is 2.38 bits per heavy atom. The van der Waals surface area contributed by atoms with Crippen LogP contribution >= 0.6 is 0 Å². The number of H-pyrrole nitrogens is 1. The van der Waals surface area contributed by atoms with Gasteiger partial charge in [-0.1, -0.05) is 6.92 Å². The minimum absolute atomic E-state index is 0.0256. The van der Waals surface area contributed by atoms with Crippen molar-refractivity contribution in [2.24, 2.45) is 0 Å². The molecule has 0 unspecified atom stereocenters. The summed E-state index contributed by atoms with van der Waals surface area (Å²) in [5.74, 6) is 0.281. The third kappa shape index (κ3) is 1.81. The first kappa shape index (κ1) is 10.4. The summed E-state index contributed by atoms with van der Waals surface area (Å²) in [6, 6.07) is 3.07. The Hall–Kier alpha value is -2.11. The lowest BCUT2D eigenvalue weighted by Crippen LogP contribution is -1.99. The molecule has 0 saturated carbocycles. The molecule has 0 fully saturated rings. The van der Waals surface area contributed by atoms with Gasteiger partial charge < -0.3 is 4.74 Å². The molecule has 0 spiro atoms.